The lowest BCUT2D eigenvalue weighted by molar-refractivity contribution is -0.990. The maximum atomic E-state index is 5.83. The van der Waals surface area contributed by atoms with Gasteiger partial charge in [-0.1, -0.05) is 11.6 Å². The normalized spacial score (nSPS) is 31.0. The molecule has 0 spiro atoms. The van der Waals surface area contributed by atoms with Crippen molar-refractivity contribution in [1.82, 2.24) is 4.57 Å². The van der Waals surface area contributed by atoms with Gasteiger partial charge in [-0.25, -0.2) is 0 Å². The van der Waals surface area contributed by atoms with Crippen LogP contribution in [-0.4, -0.2) is 23.9 Å². The minimum atomic E-state index is 0.467. The average molecular weight is 283 g/mol. The Morgan fingerprint density at radius 2 is 2.19 bits per heavy atom. The number of aromatic nitrogens is 1. The number of rotatable bonds is 1. The fraction of sp³-hybridized carbons (Fsp3) is 0.556. The van der Waals surface area contributed by atoms with Crippen LogP contribution in [0, 0.1) is 6.92 Å². The van der Waals surface area contributed by atoms with Crippen molar-refractivity contribution in [3.8, 4) is 0 Å². The molecule has 1 aromatic heterocycles. The van der Waals surface area contributed by atoms with E-state index in [1.807, 2.05) is 0 Å². The van der Waals surface area contributed by atoms with E-state index in [9.17, 15) is 0 Å². The number of fused-ring (bicyclic) bond motifs is 3. The molecule has 3 heteroatoms. The molecule has 1 fully saturated rings. The van der Waals surface area contributed by atoms with E-state index in [2.05, 4.69) is 29.7 Å². The maximum Gasteiger partial charge on any atom is 0.194 e. The third-order valence-electron chi connectivity index (χ3n) is 5.80. The topological polar surface area (TPSA) is 18.6 Å². The summed E-state index contributed by atoms with van der Waals surface area (Å²) in [5.41, 5.74) is 6.13. The fourth-order valence-electron chi connectivity index (χ4n) is 4.77. The Hall–Kier alpha value is -1.32. The maximum absolute atomic E-state index is 5.83. The molecule has 2 aromatic rings. The molecule has 5 rings (SSSR count). The van der Waals surface area contributed by atoms with Gasteiger partial charge in [0.1, 0.15) is 6.04 Å². The Morgan fingerprint density at radius 1 is 1.29 bits per heavy atom. The van der Waals surface area contributed by atoms with E-state index in [0.717, 1.165) is 13.2 Å². The van der Waals surface area contributed by atoms with Crippen molar-refractivity contribution in [2.24, 2.45) is 0 Å². The first-order valence-corrected chi connectivity index (χ1v) is 8.42. The van der Waals surface area contributed by atoms with Crippen molar-refractivity contribution in [1.29, 1.82) is 0 Å². The van der Waals surface area contributed by atoms with Crippen LogP contribution in [0.3, 0.4) is 0 Å². The Labute approximate surface area is 125 Å². The lowest BCUT2D eigenvalue weighted by Crippen LogP contribution is -3.18. The van der Waals surface area contributed by atoms with Gasteiger partial charge in [-0.3, -0.25) is 0 Å². The molecule has 1 aliphatic carbocycles. The minimum absolute atomic E-state index is 0.467. The quantitative estimate of drug-likeness (QED) is 0.847. The van der Waals surface area contributed by atoms with E-state index in [4.69, 9.17) is 4.74 Å². The summed E-state index contributed by atoms with van der Waals surface area (Å²) in [6.07, 6.45) is 5.64. The highest BCUT2D eigenvalue weighted by Crippen LogP contribution is 2.38. The van der Waals surface area contributed by atoms with Crippen LogP contribution in [0.15, 0.2) is 18.2 Å². The van der Waals surface area contributed by atoms with Crippen LogP contribution in [0.1, 0.15) is 42.1 Å². The molecular weight excluding hydrogens is 260 g/mol. The van der Waals surface area contributed by atoms with Crippen molar-refractivity contribution >= 4 is 10.9 Å². The molecule has 1 unspecified atom stereocenters. The molecule has 1 N–H and O–H groups in total. The first kappa shape index (κ1) is 12.2. The molecule has 3 atom stereocenters. The Morgan fingerprint density at radius 3 is 3.00 bits per heavy atom. The SMILES string of the molecule is Cc1ccc2c(c1)c1c3n2CC[NH+]([C@@H]2CCO2)[C@@H]3CCC1. The molecule has 2 aliphatic heterocycles. The van der Waals surface area contributed by atoms with Crippen molar-refractivity contribution in [3.05, 3.63) is 35.0 Å². The lowest BCUT2D eigenvalue weighted by atomic mass is 9.89. The molecular formula is C18H23N2O+. The summed E-state index contributed by atoms with van der Waals surface area (Å²) in [5.74, 6) is 0. The zero-order chi connectivity index (χ0) is 14.0. The van der Waals surface area contributed by atoms with Crippen LogP contribution in [0.5, 0.6) is 0 Å². The molecule has 3 aliphatic rings. The molecule has 0 amide bonds. The number of aryl methyl sites for hydroxylation is 2. The molecule has 1 saturated heterocycles. The van der Waals surface area contributed by atoms with E-state index in [1.165, 1.54) is 48.7 Å². The number of ether oxygens (including phenoxy) is 1. The van der Waals surface area contributed by atoms with Crippen LogP contribution >= 0.6 is 0 Å². The second-order valence-electron chi connectivity index (χ2n) is 6.95. The van der Waals surface area contributed by atoms with Crippen LogP contribution in [0.25, 0.3) is 10.9 Å². The lowest BCUT2D eigenvalue weighted by Gasteiger charge is -2.43. The van der Waals surface area contributed by atoms with E-state index in [1.54, 1.807) is 16.2 Å². The van der Waals surface area contributed by atoms with Crippen molar-refractivity contribution in [3.63, 3.8) is 0 Å². The summed E-state index contributed by atoms with van der Waals surface area (Å²) in [5, 5.41) is 1.52. The number of benzene rings is 1. The van der Waals surface area contributed by atoms with E-state index in [0.29, 0.717) is 12.3 Å². The van der Waals surface area contributed by atoms with Gasteiger partial charge in [0.05, 0.1) is 31.8 Å². The van der Waals surface area contributed by atoms with Crippen LogP contribution < -0.4 is 4.90 Å². The molecule has 0 bridgehead atoms. The molecule has 0 saturated carbocycles. The number of hydrogen-bond donors (Lipinski definition) is 1. The first-order chi connectivity index (χ1) is 10.3. The average Bonchev–Trinajstić information content (AvgIpc) is 2.75. The van der Waals surface area contributed by atoms with Crippen molar-refractivity contribution < 1.29 is 9.64 Å². The number of hydrogen-bond acceptors (Lipinski definition) is 1. The summed E-state index contributed by atoms with van der Waals surface area (Å²) in [7, 11) is 0. The minimum Gasteiger partial charge on any atom is -0.334 e. The van der Waals surface area contributed by atoms with E-state index < -0.39 is 0 Å². The van der Waals surface area contributed by atoms with E-state index >= 15 is 0 Å². The monoisotopic (exact) mass is 283 g/mol. The van der Waals surface area contributed by atoms with E-state index in [-0.39, 0.29) is 0 Å². The summed E-state index contributed by atoms with van der Waals surface area (Å²) >= 11 is 0. The standard InChI is InChI=1S/C18H22N2O/c1-12-5-6-15-14(11-12)13-3-2-4-16-18(13)20(15)9-8-19(16)17-7-10-21-17/h5-6,11,16-17H,2-4,7-10H2,1H3/p+1/t16-,17+/m1/s1. The van der Waals surface area contributed by atoms with Gasteiger partial charge in [-0.05, 0) is 37.5 Å². The van der Waals surface area contributed by atoms with Crippen LogP contribution in [0.4, 0.5) is 0 Å². The smallest absolute Gasteiger partial charge is 0.194 e. The summed E-state index contributed by atoms with van der Waals surface area (Å²) in [6.45, 7) is 5.55. The highest BCUT2D eigenvalue weighted by Gasteiger charge is 2.43. The molecule has 0 radical (unpaired) electrons. The van der Waals surface area contributed by atoms with Gasteiger partial charge in [0.15, 0.2) is 6.23 Å². The van der Waals surface area contributed by atoms with Gasteiger partial charge in [0.2, 0.25) is 0 Å². The van der Waals surface area contributed by atoms with Gasteiger partial charge in [-0.2, -0.15) is 0 Å². The van der Waals surface area contributed by atoms with Crippen LogP contribution in [-0.2, 0) is 17.7 Å². The third-order valence-corrected chi connectivity index (χ3v) is 5.80. The van der Waals surface area contributed by atoms with Gasteiger partial charge in [0, 0.05) is 17.3 Å². The van der Waals surface area contributed by atoms with Crippen LogP contribution in [0.2, 0.25) is 0 Å². The molecule has 110 valence electrons. The molecule has 3 nitrogen and oxygen atoms in total. The van der Waals surface area contributed by atoms with Gasteiger partial charge in [0.25, 0.3) is 0 Å². The summed E-state index contributed by atoms with van der Waals surface area (Å²) in [4.78, 5) is 1.70. The second-order valence-corrected chi connectivity index (χ2v) is 6.95. The van der Waals surface area contributed by atoms with Crippen molar-refractivity contribution in [2.75, 3.05) is 13.2 Å². The number of nitrogens with zero attached hydrogens (tertiary/aromatic N) is 1. The zero-order valence-electron chi connectivity index (χ0n) is 12.7. The Balaban J connectivity index is 1.71. The molecule has 1 aromatic carbocycles. The third kappa shape index (κ3) is 1.62. The van der Waals surface area contributed by atoms with Gasteiger partial charge < -0.3 is 14.2 Å². The molecule has 3 heterocycles. The first-order valence-electron chi connectivity index (χ1n) is 8.42. The van der Waals surface area contributed by atoms with Gasteiger partial charge in [-0.15, -0.1) is 0 Å². The largest absolute Gasteiger partial charge is 0.334 e. The number of quaternary nitrogens is 1. The molecule has 21 heavy (non-hydrogen) atoms. The fourth-order valence-corrected chi connectivity index (χ4v) is 4.77. The number of nitrogens with one attached hydrogen (secondary N) is 1. The predicted octanol–water partition coefficient (Wildman–Crippen LogP) is 1.97. The highest BCUT2D eigenvalue weighted by atomic mass is 16.5. The summed E-state index contributed by atoms with van der Waals surface area (Å²) in [6, 6.07) is 7.67. The van der Waals surface area contributed by atoms with Crippen molar-refractivity contribution in [2.45, 2.75) is 51.4 Å². The second kappa shape index (κ2) is 4.34. The highest BCUT2D eigenvalue weighted by molar-refractivity contribution is 5.86. The Bertz CT molecular complexity index is 714. The summed E-state index contributed by atoms with van der Waals surface area (Å²) < 4.78 is 8.45. The predicted molar refractivity (Wildman–Crippen MR) is 82.5 cm³/mol. The zero-order valence-corrected chi connectivity index (χ0v) is 12.7. The Kier molecular flexibility index (Phi) is 2.53. The van der Waals surface area contributed by atoms with Gasteiger partial charge >= 0.3 is 0 Å².